The Morgan fingerprint density at radius 3 is 3.00 bits per heavy atom. The van der Waals surface area contributed by atoms with Crippen molar-refractivity contribution in [1.29, 1.82) is 0 Å². The molecular weight excluding hydrogens is 246 g/mol. The van der Waals surface area contributed by atoms with Crippen LogP contribution in [0, 0.1) is 4.77 Å². The summed E-state index contributed by atoms with van der Waals surface area (Å²) in [5.74, 6) is 2.06. The van der Waals surface area contributed by atoms with E-state index in [1.807, 2.05) is 6.92 Å². The SMILES string of the molecule is CC1=Nc2nc(=S)nc3cc(Cl)cc(n23)N1. The molecule has 0 atom stereocenters. The molecule has 0 fully saturated rings. The monoisotopic (exact) mass is 251 g/mol. The zero-order valence-corrected chi connectivity index (χ0v) is 9.80. The maximum atomic E-state index is 5.99. The minimum absolute atomic E-state index is 0.265. The summed E-state index contributed by atoms with van der Waals surface area (Å²) in [5.41, 5.74) is 0.640. The molecule has 5 nitrogen and oxygen atoms in total. The molecule has 3 rings (SSSR count). The minimum Gasteiger partial charge on any atom is -0.330 e. The molecule has 0 aromatic carbocycles. The van der Waals surface area contributed by atoms with E-state index >= 15 is 0 Å². The molecule has 1 aliphatic rings. The molecule has 0 spiro atoms. The molecule has 0 aliphatic carbocycles. The van der Waals surface area contributed by atoms with E-state index in [0.29, 0.717) is 16.6 Å². The molecule has 0 saturated carbocycles. The Morgan fingerprint density at radius 1 is 1.38 bits per heavy atom. The first-order chi connectivity index (χ1) is 7.63. The zero-order valence-electron chi connectivity index (χ0n) is 8.23. The van der Waals surface area contributed by atoms with Gasteiger partial charge < -0.3 is 5.32 Å². The van der Waals surface area contributed by atoms with Crippen LogP contribution in [0.1, 0.15) is 6.92 Å². The maximum Gasteiger partial charge on any atom is 0.241 e. The third-order valence-corrected chi connectivity index (χ3v) is 2.59. The van der Waals surface area contributed by atoms with Gasteiger partial charge in [0.1, 0.15) is 17.3 Å². The van der Waals surface area contributed by atoms with Gasteiger partial charge in [0.05, 0.1) is 0 Å². The molecule has 16 heavy (non-hydrogen) atoms. The second-order valence-electron chi connectivity index (χ2n) is 3.38. The Balaban J connectivity index is 2.54. The minimum atomic E-state index is 0.265. The molecule has 2 aromatic heterocycles. The van der Waals surface area contributed by atoms with E-state index in [1.165, 1.54) is 0 Å². The summed E-state index contributed by atoms with van der Waals surface area (Å²) in [7, 11) is 0. The topological polar surface area (TPSA) is 54.6 Å². The fraction of sp³-hybridized carbons (Fsp3) is 0.111. The number of pyridine rings is 1. The number of nitrogens with one attached hydrogen (secondary N) is 1. The highest BCUT2D eigenvalue weighted by atomic mass is 35.5. The third kappa shape index (κ3) is 1.38. The molecule has 0 unspecified atom stereocenters. The van der Waals surface area contributed by atoms with Gasteiger partial charge in [-0.25, -0.2) is 9.38 Å². The Hall–Kier alpha value is -1.53. The molecule has 1 aliphatic heterocycles. The van der Waals surface area contributed by atoms with Crippen molar-refractivity contribution in [3.05, 3.63) is 21.9 Å². The summed E-state index contributed by atoms with van der Waals surface area (Å²) in [4.78, 5) is 12.5. The zero-order chi connectivity index (χ0) is 11.3. The van der Waals surface area contributed by atoms with Crippen LogP contribution in [0.4, 0.5) is 11.8 Å². The Kier molecular flexibility index (Phi) is 1.95. The van der Waals surface area contributed by atoms with Crippen molar-refractivity contribution in [3.8, 4) is 0 Å². The lowest BCUT2D eigenvalue weighted by molar-refractivity contribution is 0.975. The van der Waals surface area contributed by atoms with Crippen molar-refractivity contribution in [2.24, 2.45) is 4.99 Å². The molecule has 0 saturated heterocycles. The number of hydrogen-bond acceptors (Lipinski definition) is 5. The second-order valence-corrected chi connectivity index (χ2v) is 4.18. The first-order valence-electron chi connectivity index (χ1n) is 4.56. The Bertz CT molecular complexity index is 690. The fourth-order valence-electron chi connectivity index (χ4n) is 1.63. The van der Waals surface area contributed by atoms with Crippen molar-refractivity contribution >= 4 is 47.1 Å². The number of anilines is 1. The van der Waals surface area contributed by atoms with Gasteiger partial charge in [0.15, 0.2) is 0 Å². The Labute approximate surface area is 101 Å². The number of amidine groups is 1. The van der Waals surface area contributed by atoms with Gasteiger partial charge in [0.2, 0.25) is 10.7 Å². The fourth-order valence-corrected chi connectivity index (χ4v) is 2.01. The average Bonchev–Trinajstić information content (AvgIpc) is 2.14. The predicted molar refractivity (Wildman–Crippen MR) is 65.2 cm³/mol. The third-order valence-electron chi connectivity index (χ3n) is 2.19. The van der Waals surface area contributed by atoms with Crippen LogP contribution in [0.15, 0.2) is 17.1 Å². The number of rotatable bonds is 0. The predicted octanol–water partition coefficient (Wildman–Crippen LogP) is 2.59. The molecule has 3 heterocycles. The quantitative estimate of drug-likeness (QED) is 0.732. The van der Waals surface area contributed by atoms with E-state index in [0.717, 1.165) is 11.7 Å². The van der Waals surface area contributed by atoms with Crippen LogP contribution in [0.3, 0.4) is 0 Å². The van der Waals surface area contributed by atoms with Crippen molar-refractivity contribution in [2.45, 2.75) is 6.92 Å². The molecule has 0 amide bonds. The first kappa shape index (κ1) is 9.68. The van der Waals surface area contributed by atoms with Crippen molar-refractivity contribution in [1.82, 2.24) is 14.4 Å². The highest BCUT2D eigenvalue weighted by Crippen LogP contribution is 2.25. The lowest BCUT2D eigenvalue weighted by atomic mass is 10.4. The van der Waals surface area contributed by atoms with Gasteiger partial charge in [-0.3, -0.25) is 0 Å². The number of aromatic nitrogens is 3. The molecule has 1 N–H and O–H groups in total. The van der Waals surface area contributed by atoms with E-state index in [4.69, 9.17) is 23.8 Å². The van der Waals surface area contributed by atoms with Gasteiger partial charge in [0, 0.05) is 11.1 Å². The number of nitrogens with zero attached hydrogens (tertiary/aromatic N) is 4. The maximum absolute atomic E-state index is 5.99. The van der Waals surface area contributed by atoms with E-state index in [1.54, 1.807) is 16.5 Å². The van der Waals surface area contributed by atoms with Gasteiger partial charge in [-0.15, -0.1) is 0 Å². The Morgan fingerprint density at radius 2 is 2.19 bits per heavy atom. The summed E-state index contributed by atoms with van der Waals surface area (Å²) in [6.07, 6.45) is 0. The number of halogens is 1. The summed E-state index contributed by atoms with van der Waals surface area (Å²) >= 11 is 11.0. The lowest BCUT2D eigenvalue weighted by Crippen LogP contribution is -2.16. The standard InChI is InChI=1S/C9H6ClN5S/c1-4-11-6-2-5(10)3-7-13-9(16)14-8(12-4)15(6)7/h2-3H,1H3,(H,11,12,13,14,16). The van der Waals surface area contributed by atoms with E-state index in [2.05, 4.69) is 20.3 Å². The summed E-state index contributed by atoms with van der Waals surface area (Å²) < 4.78 is 2.04. The van der Waals surface area contributed by atoms with Gasteiger partial charge >= 0.3 is 0 Å². The summed E-state index contributed by atoms with van der Waals surface area (Å²) in [6, 6.07) is 3.52. The van der Waals surface area contributed by atoms with Crippen molar-refractivity contribution < 1.29 is 0 Å². The molecule has 80 valence electrons. The molecule has 0 bridgehead atoms. The number of hydrogen-bond donors (Lipinski definition) is 1. The molecule has 7 heteroatoms. The van der Waals surface area contributed by atoms with Crippen LogP contribution >= 0.6 is 23.8 Å². The van der Waals surface area contributed by atoms with Crippen LogP contribution in [-0.4, -0.2) is 20.2 Å². The van der Waals surface area contributed by atoms with Crippen LogP contribution in [0.25, 0.3) is 5.65 Å². The van der Waals surface area contributed by atoms with Gasteiger partial charge in [-0.1, -0.05) is 11.6 Å². The number of aliphatic imine (C=N–C) groups is 1. The normalized spacial score (nSPS) is 13.5. The van der Waals surface area contributed by atoms with E-state index in [-0.39, 0.29) is 4.77 Å². The summed E-state index contributed by atoms with van der Waals surface area (Å²) in [5, 5.41) is 3.69. The highest BCUT2D eigenvalue weighted by molar-refractivity contribution is 7.71. The summed E-state index contributed by atoms with van der Waals surface area (Å²) in [6.45, 7) is 1.85. The highest BCUT2D eigenvalue weighted by Gasteiger charge is 2.13. The smallest absolute Gasteiger partial charge is 0.241 e. The van der Waals surface area contributed by atoms with Crippen LogP contribution < -0.4 is 5.32 Å². The van der Waals surface area contributed by atoms with Gasteiger partial charge in [-0.05, 0) is 25.2 Å². The average molecular weight is 252 g/mol. The lowest BCUT2D eigenvalue weighted by Gasteiger charge is -2.17. The van der Waals surface area contributed by atoms with Crippen LogP contribution in [0.5, 0.6) is 0 Å². The second kappa shape index (κ2) is 3.23. The largest absolute Gasteiger partial charge is 0.330 e. The van der Waals surface area contributed by atoms with Crippen LogP contribution in [-0.2, 0) is 0 Å². The molecule has 0 radical (unpaired) electrons. The molecule has 2 aromatic rings. The van der Waals surface area contributed by atoms with Gasteiger partial charge in [0.25, 0.3) is 0 Å². The first-order valence-corrected chi connectivity index (χ1v) is 5.35. The van der Waals surface area contributed by atoms with Gasteiger partial charge in [-0.2, -0.15) is 9.98 Å². The van der Waals surface area contributed by atoms with Crippen molar-refractivity contribution in [3.63, 3.8) is 0 Å². The van der Waals surface area contributed by atoms with E-state index < -0.39 is 0 Å². The van der Waals surface area contributed by atoms with Crippen molar-refractivity contribution in [2.75, 3.05) is 5.32 Å². The molecular formula is C9H6ClN5S. The van der Waals surface area contributed by atoms with E-state index in [9.17, 15) is 0 Å². The van der Waals surface area contributed by atoms with Crippen LogP contribution in [0.2, 0.25) is 5.02 Å².